The molecule has 0 unspecified atom stereocenters. The number of anilines is 1. The maximum Gasteiger partial charge on any atom is 0.277 e. The highest BCUT2D eigenvalue weighted by Crippen LogP contribution is 2.20. The lowest BCUT2D eigenvalue weighted by atomic mass is 10.1. The summed E-state index contributed by atoms with van der Waals surface area (Å²) in [5.41, 5.74) is 0.860. The van der Waals surface area contributed by atoms with E-state index in [4.69, 9.17) is 4.74 Å². The molecule has 0 bridgehead atoms. The first kappa shape index (κ1) is 21.0. The van der Waals surface area contributed by atoms with E-state index in [1.54, 1.807) is 14.2 Å². The molecular formula is C20H33N4O3+. The summed E-state index contributed by atoms with van der Waals surface area (Å²) in [6.45, 7) is 9.88. The van der Waals surface area contributed by atoms with E-state index in [2.05, 4.69) is 16.3 Å². The number of quaternary nitrogens is 1. The van der Waals surface area contributed by atoms with E-state index >= 15 is 0 Å². The lowest BCUT2D eigenvalue weighted by molar-refractivity contribution is -0.892. The summed E-state index contributed by atoms with van der Waals surface area (Å²) in [5.74, 6) is 0.729. The second-order valence-electron chi connectivity index (χ2n) is 8.16. The van der Waals surface area contributed by atoms with Crippen molar-refractivity contribution in [2.75, 3.05) is 58.3 Å². The van der Waals surface area contributed by atoms with E-state index < -0.39 is 0 Å². The van der Waals surface area contributed by atoms with Gasteiger partial charge in [0.25, 0.3) is 5.91 Å². The summed E-state index contributed by atoms with van der Waals surface area (Å²) in [6, 6.07) is 8.06. The van der Waals surface area contributed by atoms with Crippen LogP contribution in [0.1, 0.15) is 20.8 Å². The predicted molar refractivity (Wildman–Crippen MR) is 106 cm³/mol. The standard InChI is InChI=1S/C20H32N4O3/c1-20(2,3)21-18(25)14-22(4)19(26)15-23-9-11-24(12-10-23)16-7-6-8-17(13-16)27-5/h6-8,13H,9-12,14-15H2,1-5H3,(H,21,25)/p+1. The molecule has 0 aliphatic carbocycles. The van der Waals surface area contributed by atoms with Crippen LogP contribution in [0.25, 0.3) is 0 Å². The fourth-order valence-corrected chi connectivity index (χ4v) is 3.18. The van der Waals surface area contributed by atoms with Gasteiger partial charge in [0.05, 0.1) is 39.8 Å². The molecule has 1 aliphatic rings. The molecule has 1 aromatic carbocycles. The zero-order valence-corrected chi connectivity index (χ0v) is 17.2. The molecule has 7 heteroatoms. The summed E-state index contributed by atoms with van der Waals surface area (Å²) in [5, 5.41) is 2.89. The van der Waals surface area contributed by atoms with Gasteiger partial charge < -0.3 is 24.8 Å². The van der Waals surface area contributed by atoms with Gasteiger partial charge in [0.1, 0.15) is 5.75 Å². The number of nitrogens with zero attached hydrogens (tertiary/aromatic N) is 2. The van der Waals surface area contributed by atoms with Gasteiger partial charge in [0, 0.05) is 24.3 Å². The lowest BCUT2D eigenvalue weighted by Gasteiger charge is -2.34. The van der Waals surface area contributed by atoms with Gasteiger partial charge in [0.15, 0.2) is 6.54 Å². The number of likely N-dealkylation sites (N-methyl/N-ethyl adjacent to an activating group) is 1. The van der Waals surface area contributed by atoms with Crippen molar-refractivity contribution in [2.45, 2.75) is 26.3 Å². The number of carbonyl (C=O) groups is 2. The minimum Gasteiger partial charge on any atom is -0.497 e. The molecule has 0 saturated carbocycles. The second-order valence-corrected chi connectivity index (χ2v) is 8.16. The van der Waals surface area contributed by atoms with E-state index in [1.165, 1.54) is 9.80 Å². The predicted octanol–water partition coefficient (Wildman–Crippen LogP) is -0.227. The molecule has 1 aliphatic heterocycles. The van der Waals surface area contributed by atoms with Gasteiger partial charge in [-0.1, -0.05) is 6.07 Å². The van der Waals surface area contributed by atoms with Gasteiger partial charge in [-0.15, -0.1) is 0 Å². The quantitative estimate of drug-likeness (QED) is 0.719. The molecule has 7 nitrogen and oxygen atoms in total. The van der Waals surface area contributed by atoms with Crippen molar-refractivity contribution >= 4 is 17.5 Å². The zero-order chi connectivity index (χ0) is 20.0. The highest BCUT2D eigenvalue weighted by atomic mass is 16.5. The topological polar surface area (TPSA) is 66.3 Å². The second kappa shape index (κ2) is 9.08. The average Bonchev–Trinajstić information content (AvgIpc) is 2.60. The van der Waals surface area contributed by atoms with Crippen LogP contribution in [0.5, 0.6) is 5.75 Å². The third-order valence-electron chi connectivity index (χ3n) is 4.61. The molecule has 2 N–H and O–H groups in total. The van der Waals surface area contributed by atoms with Gasteiger partial charge in [0.2, 0.25) is 5.91 Å². The number of benzene rings is 1. The normalized spacial score (nSPS) is 15.4. The summed E-state index contributed by atoms with van der Waals surface area (Å²) < 4.78 is 5.29. The van der Waals surface area contributed by atoms with Crippen LogP contribution in [-0.4, -0.2) is 75.7 Å². The number of hydrogen-bond acceptors (Lipinski definition) is 4. The van der Waals surface area contributed by atoms with Crippen LogP contribution in [0.3, 0.4) is 0 Å². The third kappa shape index (κ3) is 6.75. The number of amides is 2. The number of nitrogens with one attached hydrogen (secondary N) is 2. The van der Waals surface area contributed by atoms with Crippen LogP contribution in [0.15, 0.2) is 24.3 Å². The zero-order valence-electron chi connectivity index (χ0n) is 17.2. The number of ether oxygens (including phenoxy) is 1. The van der Waals surface area contributed by atoms with Gasteiger partial charge in [-0.25, -0.2) is 0 Å². The fraction of sp³-hybridized carbons (Fsp3) is 0.600. The summed E-state index contributed by atoms with van der Waals surface area (Å²) in [6.07, 6.45) is 0. The molecule has 1 aromatic rings. The number of methoxy groups -OCH3 is 1. The first-order chi connectivity index (χ1) is 12.7. The monoisotopic (exact) mass is 377 g/mol. The maximum absolute atomic E-state index is 12.4. The van der Waals surface area contributed by atoms with Crippen LogP contribution in [0.2, 0.25) is 0 Å². The van der Waals surface area contributed by atoms with Gasteiger partial charge in [-0.05, 0) is 32.9 Å². The molecule has 0 aromatic heterocycles. The van der Waals surface area contributed by atoms with Gasteiger partial charge >= 0.3 is 0 Å². The number of hydrogen-bond donors (Lipinski definition) is 2. The average molecular weight is 378 g/mol. The number of rotatable bonds is 6. The highest BCUT2D eigenvalue weighted by Gasteiger charge is 2.25. The number of carbonyl (C=O) groups excluding carboxylic acids is 2. The van der Waals surface area contributed by atoms with Crippen molar-refractivity contribution in [1.82, 2.24) is 10.2 Å². The van der Waals surface area contributed by atoms with E-state index in [-0.39, 0.29) is 23.9 Å². The molecular weight excluding hydrogens is 344 g/mol. The molecule has 2 amide bonds. The van der Waals surface area contributed by atoms with E-state index in [0.29, 0.717) is 6.54 Å². The summed E-state index contributed by atoms with van der Waals surface area (Å²) in [4.78, 5) is 29.5. The highest BCUT2D eigenvalue weighted by molar-refractivity contribution is 5.85. The smallest absolute Gasteiger partial charge is 0.277 e. The Hall–Kier alpha value is -2.28. The molecule has 1 fully saturated rings. The maximum atomic E-state index is 12.4. The minimum absolute atomic E-state index is 0.00360. The van der Waals surface area contributed by atoms with Crippen molar-refractivity contribution < 1.29 is 19.2 Å². The van der Waals surface area contributed by atoms with Crippen LogP contribution < -0.4 is 19.9 Å². The van der Waals surface area contributed by atoms with Crippen LogP contribution in [0.4, 0.5) is 5.69 Å². The molecule has 0 radical (unpaired) electrons. The Bertz CT molecular complexity index is 649. The Labute approximate surface area is 162 Å². The van der Waals surface area contributed by atoms with Crippen molar-refractivity contribution in [2.24, 2.45) is 0 Å². The van der Waals surface area contributed by atoms with Crippen LogP contribution in [-0.2, 0) is 9.59 Å². The summed E-state index contributed by atoms with van der Waals surface area (Å²) >= 11 is 0. The van der Waals surface area contributed by atoms with Gasteiger partial charge in [-0.2, -0.15) is 0 Å². The lowest BCUT2D eigenvalue weighted by Crippen LogP contribution is -3.15. The molecule has 1 saturated heterocycles. The molecule has 27 heavy (non-hydrogen) atoms. The van der Waals surface area contributed by atoms with Crippen molar-refractivity contribution in [3.63, 3.8) is 0 Å². The van der Waals surface area contributed by atoms with Crippen molar-refractivity contribution in [3.05, 3.63) is 24.3 Å². The summed E-state index contributed by atoms with van der Waals surface area (Å²) in [7, 11) is 3.36. The van der Waals surface area contributed by atoms with E-state index in [1.807, 2.05) is 39.0 Å². The molecule has 0 atom stereocenters. The van der Waals surface area contributed by atoms with Crippen molar-refractivity contribution in [3.8, 4) is 5.75 Å². The Morgan fingerprint density at radius 1 is 1.26 bits per heavy atom. The van der Waals surface area contributed by atoms with Crippen molar-refractivity contribution in [1.29, 1.82) is 0 Å². The Morgan fingerprint density at radius 3 is 2.52 bits per heavy atom. The van der Waals surface area contributed by atoms with Gasteiger partial charge in [-0.3, -0.25) is 9.59 Å². The number of piperazine rings is 1. The minimum atomic E-state index is -0.289. The Balaban J connectivity index is 1.79. The fourth-order valence-electron chi connectivity index (χ4n) is 3.18. The Morgan fingerprint density at radius 2 is 1.93 bits per heavy atom. The largest absolute Gasteiger partial charge is 0.497 e. The molecule has 1 heterocycles. The van der Waals surface area contributed by atoms with E-state index in [9.17, 15) is 9.59 Å². The third-order valence-corrected chi connectivity index (χ3v) is 4.61. The Kier molecular flexibility index (Phi) is 7.07. The molecule has 2 rings (SSSR count). The first-order valence-corrected chi connectivity index (χ1v) is 9.45. The molecule has 150 valence electrons. The van der Waals surface area contributed by atoms with Crippen LogP contribution >= 0.6 is 0 Å². The SMILES string of the molecule is COc1cccc(N2CC[NH+](CC(=O)N(C)CC(=O)NC(C)(C)C)CC2)c1. The van der Waals surface area contributed by atoms with E-state index in [0.717, 1.165) is 37.6 Å². The first-order valence-electron chi connectivity index (χ1n) is 9.45. The molecule has 0 spiro atoms. The van der Waals surface area contributed by atoms with Crippen LogP contribution in [0, 0.1) is 0 Å².